The van der Waals surface area contributed by atoms with Crippen molar-refractivity contribution in [2.45, 2.75) is 116 Å². The molecule has 0 radical (unpaired) electrons. The van der Waals surface area contributed by atoms with E-state index in [1.54, 1.807) is 0 Å². The van der Waals surface area contributed by atoms with Crippen LogP contribution in [0.2, 0.25) is 0 Å². The molecule has 0 bridgehead atoms. The second-order valence-corrected chi connectivity index (χ2v) is 9.44. The Labute approximate surface area is 203 Å². The van der Waals surface area contributed by atoms with E-state index in [1.165, 1.54) is 89.9 Å². The lowest BCUT2D eigenvalue weighted by atomic mass is 10.0. The van der Waals surface area contributed by atoms with Crippen molar-refractivity contribution in [1.29, 1.82) is 0 Å². The molecule has 0 spiro atoms. The molecule has 1 aliphatic heterocycles. The second-order valence-electron chi connectivity index (χ2n) is 9.44. The fourth-order valence-corrected chi connectivity index (χ4v) is 4.19. The predicted octanol–water partition coefficient (Wildman–Crippen LogP) is 5.30. The van der Waals surface area contributed by atoms with E-state index in [0.29, 0.717) is 19.5 Å². The monoisotopic (exact) mass is 468 g/mol. The number of carbonyl (C=O) groups excluding carboxylic acids is 2. The molecule has 7 nitrogen and oxygen atoms in total. The first-order valence-electron chi connectivity index (χ1n) is 13.8. The molecule has 0 aromatic heterocycles. The minimum absolute atomic E-state index is 0.168. The van der Waals surface area contributed by atoms with Gasteiger partial charge < -0.3 is 10.1 Å². The molecular weight excluding hydrogens is 416 g/mol. The van der Waals surface area contributed by atoms with Crippen molar-refractivity contribution in [1.82, 2.24) is 21.1 Å². The number of rotatable bonds is 20. The average Bonchev–Trinajstić information content (AvgIpc) is 2.84. The molecule has 7 heteroatoms. The van der Waals surface area contributed by atoms with Gasteiger partial charge in [-0.25, -0.2) is 10.2 Å². The Bertz CT molecular complexity index is 470. The Hall–Kier alpha value is -1.34. The summed E-state index contributed by atoms with van der Waals surface area (Å²) in [5, 5.41) is 2.80. The zero-order chi connectivity index (χ0) is 23.8. The van der Waals surface area contributed by atoms with Crippen LogP contribution in [0.25, 0.3) is 0 Å². The van der Waals surface area contributed by atoms with Crippen LogP contribution in [-0.2, 0) is 9.53 Å². The van der Waals surface area contributed by atoms with Gasteiger partial charge in [-0.15, -0.1) is 0 Å². The smallest absolute Gasteiger partial charge is 0.333 e. The molecule has 194 valence electrons. The molecule has 3 amide bonds. The average molecular weight is 469 g/mol. The summed E-state index contributed by atoms with van der Waals surface area (Å²) in [4.78, 5) is 25.8. The highest BCUT2D eigenvalue weighted by atomic mass is 16.5. The maximum absolute atomic E-state index is 11.8. The number of amides is 3. The molecular formula is C26H52N4O3. The zero-order valence-electron chi connectivity index (χ0n) is 21.4. The van der Waals surface area contributed by atoms with E-state index in [9.17, 15) is 9.59 Å². The van der Waals surface area contributed by atoms with Crippen molar-refractivity contribution in [2.75, 3.05) is 39.4 Å². The molecule has 0 aromatic rings. The number of nitrogens with one attached hydrogen (secondary N) is 3. The lowest BCUT2D eigenvalue weighted by Crippen LogP contribution is -2.48. The number of hydrogen-bond donors (Lipinski definition) is 3. The summed E-state index contributed by atoms with van der Waals surface area (Å²) in [6.45, 7) is 6.79. The maximum Gasteiger partial charge on any atom is 0.333 e. The summed E-state index contributed by atoms with van der Waals surface area (Å²) in [6.07, 6.45) is 21.8. The van der Waals surface area contributed by atoms with E-state index < -0.39 is 0 Å². The number of hydrazine groups is 1. The summed E-state index contributed by atoms with van der Waals surface area (Å²) < 4.78 is 5.29. The zero-order valence-corrected chi connectivity index (χ0v) is 21.4. The van der Waals surface area contributed by atoms with Crippen LogP contribution in [0, 0.1) is 0 Å². The Morgan fingerprint density at radius 1 is 0.697 bits per heavy atom. The third-order valence-corrected chi connectivity index (χ3v) is 6.39. The van der Waals surface area contributed by atoms with Gasteiger partial charge in [0.05, 0.1) is 13.2 Å². The Morgan fingerprint density at radius 3 is 1.70 bits per heavy atom. The van der Waals surface area contributed by atoms with Crippen LogP contribution in [0.4, 0.5) is 4.79 Å². The fraction of sp³-hybridized carbons (Fsp3) is 0.923. The van der Waals surface area contributed by atoms with Gasteiger partial charge in [0.15, 0.2) is 0 Å². The first kappa shape index (κ1) is 29.7. The standard InChI is InChI=1S/C26H52N4O3/c1-2-3-4-5-6-7-8-9-10-11-12-13-14-15-16-17-19-27-26(32)29-28-25(31)18-20-30-21-23-33-24-22-30/h2-24H2,1H3,(H,28,31)(H2,27,29,32). The lowest BCUT2D eigenvalue weighted by Gasteiger charge is -2.26. The van der Waals surface area contributed by atoms with Crippen LogP contribution in [0.15, 0.2) is 0 Å². The number of carbonyl (C=O) groups is 2. The molecule has 1 aliphatic rings. The largest absolute Gasteiger partial charge is 0.379 e. The number of nitrogens with zero attached hydrogens (tertiary/aromatic N) is 1. The molecule has 0 saturated carbocycles. The Kier molecular flexibility index (Phi) is 20.2. The SMILES string of the molecule is CCCCCCCCCCCCCCCCCCNC(=O)NNC(=O)CCN1CCOCC1. The Balaban J connectivity index is 1.76. The van der Waals surface area contributed by atoms with Crippen molar-refractivity contribution in [3.63, 3.8) is 0 Å². The van der Waals surface area contributed by atoms with Crippen LogP contribution < -0.4 is 16.2 Å². The van der Waals surface area contributed by atoms with E-state index in [4.69, 9.17) is 4.74 Å². The second kappa shape index (κ2) is 22.5. The van der Waals surface area contributed by atoms with Crippen LogP contribution in [0.1, 0.15) is 116 Å². The highest BCUT2D eigenvalue weighted by Crippen LogP contribution is 2.13. The van der Waals surface area contributed by atoms with Gasteiger partial charge in [0.25, 0.3) is 0 Å². The van der Waals surface area contributed by atoms with E-state index in [-0.39, 0.29) is 11.9 Å². The highest BCUT2D eigenvalue weighted by Gasteiger charge is 2.12. The van der Waals surface area contributed by atoms with Crippen molar-refractivity contribution >= 4 is 11.9 Å². The van der Waals surface area contributed by atoms with Crippen LogP contribution >= 0.6 is 0 Å². The summed E-state index contributed by atoms with van der Waals surface area (Å²) in [5.74, 6) is -0.168. The van der Waals surface area contributed by atoms with Gasteiger partial charge in [0.1, 0.15) is 0 Å². The molecule has 1 heterocycles. The van der Waals surface area contributed by atoms with E-state index >= 15 is 0 Å². The molecule has 1 saturated heterocycles. The lowest BCUT2D eigenvalue weighted by molar-refractivity contribution is -0.122. The summed E-state index contributed by atoms with van der Waals surface area (Å²) in [7, 11) is 0. The van der Waals surface area contributed by atoms with Crippen molar-refractivity contribution in [3.8, 4) is 0 Å². The first-order valence-corrected chi connectivity index (χ1v) is 13.8. The number of urea groups is 1. The van der Waals surface area contributed by atoms with Crippen molar-refractivity contribution in [2.24, 2.45) is 0 Å². The van der Waals surface area contributed by atoms with Crippen LogP contribution in [0.3, 0.4) is 0 Å². The quantitative estimate of drug-likeness (QED) is 0.167. The van der Waals surface area contributed by atoms with E-state index in [2.05, 4.69) is 28.0 Å². The predicted molar refractivity (Wildman–Crippen MR) is 136 cm³/mol. The maximum atomic E-state index is 11.8. The Morgan fingerprint density at radius 2 is 1.18 bits per heavy atom. The van der Waals surface area contributed by atoms with E-state index in [1.807, 2.05) is 0 Å². The third kappa shape index (κ3) is 19.8. The van der Waals surface area contributed by atoms with Crippen LogP contribution in [-0.4, -0.2) is 56.2 Å². The molecule has 33 heavy (non-hydrogen) atoms. The normalized spacial score (nSPS) is 14.2. The number of hydrogen-bond acceptors (Lipinski definition) is 4. The number of unbranched alkanes of at least 4 members (excludes halogenated alkanes) is 15. The summed E-state index contributed by atoms with van der Waals surface area (Å²) in [5.41, 5.74) is 4.90. The minimum Gasteiger partial charge on any atom is -0.379 e. The van der Waals surface area contributed by atoms with Crippen molar-refractivity contribution < 1.29 is 14.3 Å². The van der Waals surface area contributed by atoms with Gasteiger partial charge in [-0.05, 0) is 6.42 Å². The molecule has 0 atom stereocenters. The van der Waals surface area contributed by atoms with Crippen molar-refractivity contribution in [3.05, 3.63) is 0 Å². The summed E-state index contributed by atoms with van der Waals surface area (Å²) >= 11 is 0. The van der Waals surface area contributed by atoms with Gasteiger partial charge in [-0.1, -0.05) is 103 Å². The minimum atomic E-state index is -0.337. The summed E-state index contributed by atoms with van der Waals surface area (Å²) in [6, 6.07) is -0.337. The van der Waals surface area contributed by atoms with Crippen LogP contribution in [0.5, 0.6) is 0 Å². The van der Waals surface area contributed by atoms with E-state index in [0.717, 1.165) is 39.1 Å². The molecule has 1 rings (SSSR count). The van der Waals surface area contributed by atoms with Gasteiger partial charge in [-0.2, -0.15) is 0 Å². The molecule has 0 aromatic carbocycles. The molecule has 0 aliphatic carbocycles. The van der Waals surface area contributed by atoms with Gasteiger partial charge in [0, 0.05) is 32.6 Å². The molecule has 3 N–H and O–H groups in total. The fourth-order valence-electron chi connectivity index (χ4n) is 4.19. The topological polar surface area (TPSA) is 82.7 Å². The highest BCUT2D eigenvalue weighted by molar-refractivity contribution is 5.81. The number of morpholine rings is 1. The van der Waals surface area contributed by atoms with Gasteiger partial charge in [-0.3, -0.25) is 15.1 Å². The van der Waals surface area contributed by atoms with Gasteiger partial charge >= 0.3 is 6.03 Å². The van der Waals surface area contributed by atoms with Gasteiger partial charge in [0.2, 0.25) is 5.91 Å². The number of ether oxygens (including phenoxy) is 1. The third-order valence-electron chi connectivity index (χ3n) is 6.39. The molecule has 0 unspecified atom stereocenters. The molecule has 1 fully saturated rings. The first-order chi connectivity index (χ1) is 16.2.